The minimum Gasteiger partial charge on any atom is -0.484 e. The lowest BCUT2D eigenvalue weighted by atomic mass is 10.0. The highest BCUT2D eigenvalue weighted by Gasteiger charge is 2.31. The quantitative estimate of drug-likeness (QED) is 0.622. The zero-order valence-corrected chi connectivity index (χ0v) is 18.2. The van der Waals surface area contributed by atoms with Crippen molar-refractivity contribution in [3.05, 3.63) is 51.8 Å². The van der Waals surface area contributed by atoms with Crippen LogP contribution in [0.25, 0.3) is 11.0 Å². The summed E-state index contributed by atoms with van der Waals surface area (Å²) in [5.41, 5.74) is 2.69. The average molecular weight is 452 g/mol. The fraction of sp³-hybridized carbons (Fsp3) is 0.478. The van der Waals surface area contributed by atoms with Gasteiger partial charge in [-0.15, -0.1) is 5.10 Å². The van der Waals surface area contributed by atoms with Crippen LogP contribution in [0.1, 0.15) is 30.1 Å². The Morgan fingerprint density at radius 2 is 2.00 bits per heavy atom. The molecule has 1 atom stereocenters. The van der Waals surface area contributed by atoms with Crippen LogP contribution in [0, 0.1) is 5.82 Å². The van der Waals surface area contributed by atoms with Gasteiger partial charge in [-0.05, 0) is 38.4 Å². The van der Waals surface area contributed by atoms with Crippen LogP contribution in [-0.4, -0.2) is 63.5 Å². The second-order valence-electron chi connectivity index (χ2n) is 8.88. The predicted molar refractivity (Wildman–Crippen MR) is 118 cm³/mol. The minimum atomic E-state index is -0.325. The molecular formula is C23H25FN6O3. The molecule has 0 aromatic carbocycles. The number of hydrogen-bond acceptors (Lipinski definition) is 8. The zero-order chi connectivity index (χ0) is 22.4. The van der Waals surface area contributed by atoms with Gasteiger partial charge < -0.3 is 24.3 Å². The highest BCUT2D eigenvalue weighted by Crippen LogP contribution is 2.32. The van der Waals surface area contributed by atoms with Gasteiger partial charge in [0.2, 0.25) is 0 Å². The van der Waals surface area contributed by atoms with E-state index in [1.165, 1.54) is 12.3 Å². The first-order chi connectivity index (χ1) is 16.2. The van der Waals surface area contributed by atoms with E-state index in [-0.39, 0.29) is 17.4 Å². The molecule has 1 N–H and O–H groups in total. The van der Waals surface area contributed by atoms with Gasteiger partial charge in [0, 0.05) is 36.8 Å². The number of aromatic nitrogens is 4. The fourth-order valence-electron chi connectivity index (χ4n) is 5.14. The van der Waals surface area contributed by atoms with Gasteiger partial charge in [-0.25, -0.2) is 4.39 Å². The SMILES string of the molecule is O=c1ccc2ncc(F)c3c2n1C(CN1CCC(NCc2cc4c(nn2)OCCO4)CC1)C3. The van der Waals surface area contributed by atoms with E-state index in [9.17, 15) is 9.18 Å². The van der Waals surface area contributed by atoms with Gasteiger partial charge in [0.15, 0.2) is 5.75 Å². The van der Waals surface area contributed by atoms with Crippen LogP contribution in [0.2, 0.25) is 0 Å². The van der Waals surface area contributed by atoms with Crippen LogP contribution >= 0.6 is 0 Å². The number of ether oxygens (including phenoxy) is 2. The van der Waals surface area contributed by atoms with Crippen molar-refractivity contribution in [2.24, 2.45) is 0 Å². The molecule has 6 rings (SSSR count). The van der Waals surface area contributed by atoms with Crippen LogP contribution < -0.4 is 20.3 Å². The predicted octanol–water partition coefficient (Wildman–Crippen LogP) is 1.45. The third-order valence-electron chi connectivity index (χ3n) is 6.79. The van der Waals surface area contributed by atoms with Gasteiger partial charge in [-0.3, -0.25) is 9.78 Å². The summed E-state index contributed by atoms with van der Waals surface area (Å²) < 4.78 is 27.1. The summed E-state index contributed by atoms with van der Waals surface area (Å²) in [5.74, 6) is 0.782. The molecule has 0 bridgehead atoms. The summed E-state index contributed by atoms with van der Waals surface area (Å²) in [6, 6.07) is 5.42. The Bertz CT molecular complexity index is 1260. The summed E-state index contributed by atoms with van der Waals surface area (Å²) in [7, 11) is 0. The molecule has 3 aliphatic heterocycles. The third kappa shape index (κ3) is 3.83. The lowest BCUT2D eigenvalue weighted by Crippen LogP contribution is -2.44. The largest absolute Gasteiger partial charge is 0.484 e. The minimum absolute atomic E-state index is 0.0626. The molecule has 1 unspecified atom stereocenters. The summed E-state index contributed by atoms with van der Waals surface area (Å²) in [6.07, 6.45) is 3.78. The summed E-state index contributed by atoms with van der Waals surface area (Å²) in [6.45, 7) is 4.22. The molecule has 0 radical (unpaired) electrons. The molecule has 0 aliphatic carbocycles. The number of fused-ring (bicyclic) bond motifs is 1. The number of rotatable bonds is 5. The molecule has 0 amide bonds. The van der Waals surface area contributed by atoms with Gasteiger partial charge in [0.25, 0.3) is 11.4 Å². The molecule has 0 spiro atoms. The summed E-state index contributed by atoms with van der Waals surface area (Å²) >= 11 is 0. The molecule has 33 heavy (non-hydrogen) atoms. The first-order valence-corrected chi connectivity index (χ1v) is 11.4. The van der Waals surface area contributed by atoms with Crippen molar-refractivity contribution in [3.63, 3.8) is 0 Å². The van der Waals surface area contributed by atoms with E-state index in [1.54, 1.807) is 10.6 Å². The number of likely N-dealkylation sites (tertiary alicyclic amines) is 1. The van der Waals surface area contributed by atoms with Crippen molar-refractivity contribution in [1.82, 2.24) is 30.0 Å². The van der Waals surface area contributed by atoms with E-state index in [2.05, 4.69) is 25.4 Å². The second kappa shape index (κ2) is 8.35. The lowest BCUT2D eigenvalue weighted by molar-refractivity contribution is 0.161. The molecule has 1 saturated heterocycles. The molecular weight excluding hydrogens is 427 g/mol. The number of pyridine rings is 2. The van der Waals surface area contributed by atoms with E-state index in [0.29, 0.717) is 60.4 Å². The van der Waals surface area contributed by atoms with E-state index in [1.807, 2.05) is 6.07 Å². The van der Waals surface area contributed by atoms with Crippen LogP contribution in [0.4, 0.5) is 4.39 Å². The highest BCUT2D eigenvalue weighted by molar-refractivity contribution is 5.80. The first kappa shape index (κ1) is 20.5. The monoisotopic (exact) mass is 452 g/mol. The van der Waals surface area contributed by atoms with E-state index >= 15 is 0 Å². The third-order valence-corrected chi connectivity index (χ3v) is 6.79. The molecule has 6 heterocycles. The van der Waals surface area contributed by atoms with Gasteiger partial charge >= 0.3 is 0 Å². The second-order valence-corrected chi connectivity index (χ2v) is 8.88. The molecule has 9 nitrogen and oxygen atoms in total. The van der Waals surface area contributed by atoms with Gasteiger partial charge in [0.05, 0.1) is 29.0 Å². The Hall–Kier alpha value is -3.11. The summed E-state index contributed by atoms with van der Waals surface area (Å²) in [4.78, 5) is 19.1. The van der Waals surface area contributed by atoms with Gasteiger partial charge in [-0.2, -0.15) is 5.10 Å². The molecule has 1 fully saturated rings. The van der Waals surface area contributed by atoms with Crippen molar-refractivity contribution in [1.29, 1.82) is 0 Å². The van der Waals surface area contributed by atoms with Crippen molar-refractivity contribution in [2.45, 2.75) is 37.9 Å². The number of nitrogens with zero attached hydrogens (tertiary/aromatic N) is 5. The molecule has 0 saturated carbocycles. The van der Waals surface area contributed by atoms with E-state index in [4.69, 9.17) is 9.47 Å². The Morgan fingerprint density at radius 1 is 1.15 bits per heavy atom. The molecule has 10 heteroatoms. The van der Waals surface area contributed by atoms with Gasteiger partial charge in [-0.1, -0.05) is 0 Å². The molecule has 172 valence electrons. The summed E-state index contributed by atoms with van der Waals surface area (Å²) in [5, 5.41) is 11.9. The highest BCUT2D eigenvalue weighted by atomic mass is 19.1. The van der Waals surface area contributed by atoms with E-state index in [0.717, 1.165) is 38.2 Å². The first-order valence-electron chi connectivity index (χ1n) is 11.4. The molecule has 3 aromatic heterocycles. The maximum absolute atomic E-state index is 14.4. The standard InChI is InChI=1S/C23H25FN6O3/c24-18-12-26-19-1-2-21(31)30-16(10-17(18)22(19)30)13-29-5-3-14(4-6-29)25-11-15-9-20-23(28-27-15)33-8-7-32-20/h1-2,9,12,14,16,25H,3-8,10-11,13H2. The Labute approximate surface area is 189 Å². The maximum atomic E-state index is 14.4. The van der Waals surface area contributed by atoms with Crippen LogP contribution in [-0.2, 0) is 13.0 Å². The van der Waals surface area contributed by atoms with Gasteiger partial charge in [0.1, 0.15) is 19.0 Å². The zero-order valence-electron chi connectivity index (χ0n) is 18.2. The Kier molecular flexibility index (Phi) is 5.18. The normalized spacial score (nSPS) is 20.5. The Morgan fingerprint density at radius 3 is 2.88 bits per heavy atom. The van der Waals surface area contributed by atoms with Crippen molar-refractivity contribution < 1.29 is 13.9 Å². The smallest absolute Gasteiger partial charge is 0.276 e. The number of piperidine rings is 1. The van der Waals surface area contributed by atoms with E-state index < -0.39 is 0 Å². The maximum Gasteiger partial charge on any atom is 0.276 e. The fourth-order valence-corrected chi connectivity index (χ4v) is 5.14. The number of nitrogens with one attached hydrogen (secondary N) is 1. The lowest BCUT2D eigenvalue weighted by Gasteiger charge is -2.34. The Balaban J connectivity index is 1.06. The molecule has 3 aliphatic rings. The van der Waals surface area contributed by atoms with Crippen molar-refractivity contribution >= 4 is 11.0 Å². The molecule has 3 aromatic rings. The van der Waals surface area contributed by atoms with Crippen LogP contribution in [0.3, 0.4) is 0 Å². The average Bonchev–Trinajstić information content (AvgIpc) is 3.23. The van der Waals surface area contributed by atoms with Crippen molar-refractivity contribution in [3.8, 4) is 11.6 Å². The topological polar surface area (TPSA) is 94.4 Å². The van der Waals surface area contributed by atoms with Crippen LogP contribution in [0.5, 0.6) is 11.6 Å². The number of hydrogen-bond donors (Lipinski definition) is 1. The number of halogens is 1. The van der Waals surface area contributed by atoms with Crippen molar-refractivity contribution in [2.75, 3.05) is 32.8 Å². The van der Waals surface area contributed by atoms with Crippen LogP contribution in [0.15, 0.2) is 29.2 Å².